The van der Waals surface area contributed by atoms with Gasteiger partial charge in [-0.25, -0.2) is 0 Å². The highest BCUT2D eigenvalue weighted by atomic mass is 16.2. The van der Waals surface area contributed by atoms with E-state index in [0.29, 0.717) is 6.42 Å². The predicted molar refractivity (Wildman–Crippen MR) is 113 cm³/mol. The predicted octanol–water partition coefficient (Wildman–Crippen LogP) is 3.82. The van der Waals surface area contributed by atoms with Crippen LogP contribution in [0.3, 0.4) is 0 Å². The molecule has 1 amide bonds. The van der Waals surface area contributed by atoms with Gasteiger partial charge in [0, 0.05) is 51.1 Å². The average molecular weight is 377 g/mol. The van der Waals surface area contributed by atoms with E-state index < -0.39 is 0 Å². The fourth-order valence-electron chi connectivity index (χ4n) is 3.48. The van der Waals surface area contributed by atoms with Gasteiger partial charge in [0.25, 0.3) is 0 Å². The second-order valence-corrected chi connectivity index (χ2v) is 7.23. The molecule has 1 aliphatic rings. The Hall–Kier alpha value is -2.72. The van der Waals surface area contributed by atoms with Gasteiger partial charge in [-0.15, -0.1) is 0 Å². The summed E-state index contributed by atoms with van der Waals surface area (Å²) in [5, 5.41) is 0. The molecule has 0 N–H and O–H groups in total. The highest BCUT2D eigenvalue weighted by Gasteiger charge is 2.21. The van der Waals surface area contributed by atoms with Crippen molar-refractivity contribution in [2.24, 2.45) is 0 Å². The van der Waals surface area contributed by atoms with Gasteiger partial charge in [0.05, 0.1) is 0 Å². The first-order valence-corrected chi connectivity index (χ1v) is 9.94. The van der Waals surface area contributed by atoms with Gasteiger partial charge in [-0.2, -0.15) is 0 Å². The van der Waals surface area contributed by atoms with Gasteiger partial charge in [0.1, 0.15) is 0 Å². The van der Waals surface area contributed by atoms with Gasteiger partial charge in [0.2, 0.25) is 5.91 Å². The van der Waals surface area contributed by atoms with Crippen molar-refractivity contribution in [1.82, 2.24) is 9.80 Å². The molecule has 0 saturated carbocycles. The maximum atomic E-state index is 12.5. The normalized spacial score (nSPS) is 15.1. The lowest BCUT2D eigenvalue weighted by Gasteiger charge is -2.34. The van der Waals surface area contributed by atoms with Gasteiger partial charge >= 0.3 is 0 Å². The molecule has 28 heavy (non-hydrogen) atoms. The first-order valence-electron chi connectivity index (χ1n) is 9.94. The Morgan fingerprint density at radius 3 is 2.29 bits per heavy atom. The Kier molecular flexibility index (Phi) is 7.15. The molecule has 0 unspecified atom stereocenters. The molecule has 0 bridgehead atoms. The molecule has 1 fully saturated rings. The topological polar surface area (TPSA) is 40.6 Å². The number of aryl methyl sites for hydroxylation is 1. The molecule has 1 heterocycles. The number of hydrogen-bond acceptors (Lipinski definition) is 3. The molecule has 0 radical (unpaired) electrons. The summed E-state index contributed by atoms with van der Waals surface area (Å²) in [6, 6.07) is 17.8. The zero-order chi connectivity index (χ0) is 19.8. The smallest absolute Gasteiger partial charge is 0.223 e. The summed E-state index contributed by atoms with van der Waals surface area (Å²) in [4.78, 5) is 29.1. The fourth-order valence-corrected chi connectivity index (χ4v) is 3.48. The number of rotatable bonds is 7. The van der Waals surface area contributed by atoms with Crippen molar-refractivity contribution in [2.45, 2.75) is 19.8 Å². The van der Waals surface area contributed by atoms with Crippen LogP contribution in [0.5, 0.6) is 0 Å². The maximum absolute atomic E-state index is 12.5. The van der Waals surface area contributed by atoms with Crippen molar-refractivity contribution in [3.05, 3.63) is 77.4 Å². The van der Waals surface area contributed by atoms with Gasteiger partial charge < -0.3 is 4.90 Å². The quantitative estimate of drug-likeness (QED) is 0.690. The number of amides is 1. The fraction of sp³-hybridized carbons (Fsp3) is 0.333. The van der Waals surface area contributed by atoms with Crippen LogP contribution in [0, 0.1) is 6.92 Å². The van der Waals surface area contributed by atoms with Gasteiger partial charge in [-0.1, -0.05) is 66.7 Å². The highest BCUT2D eigenvalue weighted by Crippen LogP contribution is 2.13. The third-order valence-corrected chi connectivity index (χ3v) is 5.21. The summed E-state index contributed by atoms with van der Waals surface area (Å²) < 4.78 is 0. The molecular formula is C24H28N2O2. The lowest BCUT2D eigenvalue weighted by molar-refractivity contribution is -0.132. The van der Waals surface area contributed by atoms with Crippen molar-refractivity contribution in [1.29, 1.82) is 0 Å². The average Bonchev–Trinajstić information content (AvgIpc) is 2.73. The molecule has 1 saturated heterocycles. The molecule has 0 spiro atoms. The molecule has 0 aliphatic carbocycles. The molecule has 0 atom stereocenters. The number of carbonyl (C=O) groups excluding carboxylic acids is 2. The van der Waals surface area contributed by atoms with Crippen LogP contribution in [0.2, 0.25) is 0 Å². The molecule has 3 rings (SSSR count). The Bertz CT molecular complexity index is 822. The minimum atomic E-state index is 0.0520. The third-order valence-electron chi connectivity index (χ3n) is 5.21. The van der Waals surface area contributed by atoms with Gasteiger partial charge in [0.15, 0.2) is 5.78 Å². The summed E-state index contributed by atoms with van der Waals surface area (Å²) in [6.45, 7) is 6.03. The molecule has 2 aromatic carbocycles. The molecule has 4 heteroatoms. The number of carbonyl (C=O) groups is 2. The van der Waals surface area contributed by atoms with Crippen molar-refractivity contribution in [2.75, 3.05) is 32.7 Å². The van der Waals surface area contributed by atoms with E-state index in [1.165, 1.54) is 5.56 Å². The second kappa shape index (κ2) is 10.00. The Morgan fingerprint density at radius 1 is 0.893 bits per heavy atom. The van der Waals surface area contributed by atoms with Crippen LogP contribution in [0.1, 0.15) is 34.3 Å². The summed E-state index contributed by atoms with van der Waals surface area (Å²) >= 11 is 0. The van der Waals surface area contributed by atoms with E-state index in [9.17, 15) is 9.59 Å². The van der Waals surface area contributed by atoms with Gasteiger partial charge in [-0.3, -0.25) is 14.5 Å². The van der Waals surface area contributed by atoms with Crippen molar-refractivity contribution < 1.29 is 9.59 Å². The zero-order valence-electron chi connectivity index (χ0n) is 16.5. The van der Waals surface area contributed by atoms with Crippen LogP contribution in [-0.4, -0.2) is 54.2 Å². The maximum Gasteiger partial charge on any atom is 0.223 e. The van der Waals surface area contributed by atoms with E-state index in [2.05, 4.69) is 29.2 Å². The van der Waals surface area contributed by atoms with Crippen LogP contribution in [0.15, 0.2) is 60.7 Å². The van der Waals surface area contributed by atoms with E-state index in [1.807, 2.05) is 54.3 Å². The number of benzene rings is 2. The van der Waals surface area contributed by atoms with Crippen molar-refractivity contribution in [3.63, 3.8) is 0 Å². The second-order valence-electron chi connectivity index (χ2n) is 7.23. The van der Waals surface area contributed by atoms with E-state index in [0.717, 1.165) is 43.9 Å². The van der Waals surface area contributed by atoms with Crippen molar-refractivity contribution >= 4 is 17.8 Å². The summed E-state index contributed by atoms with van der Waals surface area (Å²) in [6.07, 6.45) is 4.88. The number of nitrogens with zero attached hydrogens (tertiary/aromatic N) is 2. The molecule has 146 valence electrons. The van der Waals surface area contributed by atoms with Crippen LogP contribution in [0.4, 0.5) is 0 Å². The number of piperazine rings is 1. The zero-order valence-corrected chi connectivity index (χ0v) is 16.5. The summed E-state index contributed by atoms with van der Waals surface area (Å²) in [5.41, 5.74) is 2.90. The first-order chi connectivity index (χ1) is 13.6. The standard InChI is InChI=1S/C24H28N2O2/c1-20-8-5-6-12-22(20)23(27)13-14-24(28)26-18-16-25(17-19-26)15-7-11-21-9-3-2-4-10-21/h2-12H,13-19H2,1H3/b11-7+. The Balaban J connectivity index is 1.39. The largest absolute Gasteiger partial charge is 0.340 e. The van der Waals surface area contributed by atoms with E-state index in [4.69, 9.17) is 0 Å². The van der Waals surface area contributed by atoms with Crippen LogP contribution in [-0.2, 0) is 4.79 Å². The highest BCUT2D eigenvalue weighted by molar-refractivity contribution is 5.99. The summed E-state index contributed by atoms with van der Waals surface area (Å²) in [5.74, 6) is 0.137. The lowest BCUT2D eigenvalue weighted by atomic mass is 10.0. The Morgan fingerprint density at radius 2 is 1.57 bits per heavy atom. The van der Waals surface area contributed by atoms with Crippen LogP contribution < -0.4 is 0 Å². The number of hydrogen-bond donors (Lipinski definition) is 0. The summed E-state index contributed by atoms with van der Waals surface area (Å²) in [7, 11) is 0. The third kappa shape index (κ3) is 5.64. The van der Waals surface area contributed by atoms with Crippen LogP contribution >= 0.6 is 0 Å². The minimum Gasteiger partial charge on any atom is -0.340 e. The van der Waals surface area contributed by atoms with Gasteiger partial charge in [-0.05, 0) is 18.1 Å². The lowest BCUT2D eigenvalue weighted by Crippen LogP contribution is -2.48. The molecule has 1 aliphatic heterocycles. The van der Waals surface area contributed by atoms with E-state index in [1.54, 1.807) is 0 Å². The van der Waals surface area contributed by atoms with Crippen molar-refractivity contribution in [3.8, 4) is 0 Å². The van der Waals surface area contributed by atoms with E-state index in [-0.39, 0.29) is 18.1 Å². The molecule has 2 aromatic rings. The number of ketones is 1. The molecular weight excluding hydrogens is 348 g/mol. The monoisotopic (exact) mass is 376 g/mol. The molecule has 0 aromatic heterocycles. The van der Waals surface area contributed by atoms with Crippen LogP contribution in [0.25, 0.3) is 6.08 Å². The minimum absolute atomic E-state index is 0.0520. The SMILES string of the molecule is Cc1ccccc1C(=O)CCC(=O)N1CCN(C/C=C/c2ccccc2)CC1. The number of Topliss-reactive ketones (excluding diaryl/α,β-unsaturated/α-hetero) is 1. The first kappa shape index (κ1) is 20.0. The van der Waals surface area contributed by atoms with E-state index >= 15 is 0 Å². The Labute approximate surface area is 167 Å². The molecule has 4 nitrogen and oxygen atoms in total.